The maximum absolute atomic E-state index is 13.6. The Hall–Kier alpha value is -3.27. The second kappa shape index (κ2) is 10.0. The summed E-state index contributed by atoms with van der Waals surface area (Å²) in [5, 5.41) is 6.75. The second-order valence-corrected chi connectivity index (χ2v) is 9.97. The number of amides is 1. The summed E-state index contributed by atoms with van der Waals surface area (Å²) < 4.78 is 25.4. The van der Waals surface area contributed by atoms with Gasteiger partial charge in [0.25, 0.3) is 0 Å². The summed E-state index contributed by atoms with van der Waals surface area (Å²) in [6.07, 6.45) is 5.80. The van der Waals surface area contributed by atoms with E-state index in [4.69, 9.17) is 21.1 Å². The molecule has 1 saturated carbocycles. The number of hydrogen-bond acceptors (Lipinski definition) is 7. The fourth-order valence-electron chi connectivity index (χ4n) is 4.34. The molecule has 0 radical (unpaired) electrons. The molecule has 0 bridgehead atoms. The maximum atomic E-state index is 13.6. The molecule has 1 aliphatic heterocycles. The van der Waals surface area contributed by atoms with Crippen LogP contribution in [0.5, 0.6) is 5.75 Å². The topological polar surface area (TPSA) is 88.6 Å². The largest absolute Gasteiger partial charge is 0.491 e. The van der Waals surface area contributed by atoms with E-state index in [2.05, 4.69) is 20.6 Å². The molecule has 5 rings (SSSR count). The predicted octanol–water partition coefficient (Wildman–Crippen LogP) is 4.64. The lowest BCUT2D eigenvalue weighted by Gasteiger charge is -2.17. The molecular weight excluding hydrogens is 485 g/mol. The molecule has 3 aromatic rings. The first kappa shape index (κ1) is 24.4. The normalized spacial score (nSPS) is 20.6. The lowest BCUT2D eigenvalue weighted by atomic mass is 10.1. The van der Waals surface area contributed by atoms with E-state index in [1.165, 1.54) is 24.5 Å². The van der Waals surface area contributed by atoms with Gasteiger partial charge in [0.05, 0.1) is 36.0 Å². The number of aromatic nitrogens is 2. The van der Waals surface area contributed by atoms with Gasteiger partial charge in [0.15, 0.2) is 0 Å². The lowest BCUT2D eigenvalue weighted by molar-refractivity contribution is -0.111. The summed E-state index contributed by atoms with van der Waals surface area (Å²) in [6, 6.07) is 7.91. The van der Waals surface area contributed by atoms with Crippen molar-refractivity contribution in [2.75, 3.05) is 51.1 Å². The average molecular weight is 512 g/mol. The Labute approximate surface area is 213 Å². The molecule has 1 aliphatic carbocycles. The van der Waals surface area contributed by atoms with Gasteiger partial charge in [0, 0.05) is 35.2 Å². The third-order valence-corrected chi connectivity index (χ3v) is 6.79. The van der Waals surface area contributed by atoms with Gasteiger partial charge in [-0.3, -0.25) is 4.79 Å². The first-order valence-corrected chi connectivity index (χ1v) is 12.0. The molecule has 2 atom stereocenters. The number of halogens is 2. The van der Waals surface area contributed by atoms with Crippen molar-refractivity contribution in [2.45, 2.75) is 6.42 Å². The summed E-state index contributed by atoms with van der Waals surface area (Å²) in [5.74, 6) is 0.764. The van der Waals surface area contributed by atoms with E-state index >= 15 is 0 Å². The lowest BCUT2D eigenvalue weighted by Crippen LogP contribution is -2.18. The molecule has 0 spiro atoms. The Balaban J connectivity index is 1.45. The average Bonchev–Trinajstić information content (AvgIpc) is 3.38. The highest BCUT2D eigenvalue weighted by Gasteiger charge is 2.59. The van der Waals surface area contributed by atoms with Crippen LogP contribution in [0, 0.1) is 17.2 Å². The van der Waals surface area contributed by atoms with E-state index in [9.17, 15) is 9.18 Å². The highest BCUT2D eigenvalue weighted by atomic mass is 35.5. The Bertz CT molecular complexity index is 1330. The third kappa shape index (κ3) is 5.28. The number of benzene rings is 2. The van der Waals surface area contributed by atoms with Gasteiger partial charge in [-0.05, 0) is 50.7 Å². The van der Waals surface area contributed by atoms with Crippen molar-refractivity contribution in [3.05, 3.63) is 59.7 Å². The fourth-order valence-corrected chi connectivity index (χ4v) is 4.53. The van der Waals surface area contributed by atoms with Crippen LogP contribution in [-0.2, 0) is 9.53 Å². The van der Waals surface area contributed by atoms with E-state index in [0.29, 0.717) is 59.5 Å². The van der Waals surface area contributed by atoms with Crippen LogP contribution in [0.15, 0.2) is 48.8 Å². The summed E-state index contributed by atoms with van der Waals surface area (Å²) in [6.45, 7) is 2.61. The van der Waals surface area contributed by atoms with Gasteiger partial charge in [0.2, 0.25) is 5.91 Å². The minimum atomic E-state index is -0.506. The molecule has 2 heterocycles. The van der Waals surface area contributed by atoms with E-state index in [1.54, 1.807) is 24.3 Å². The van der Waals surface area contributed by atoms with Crippen LogP contribution in [0.25, 0.3) is 10.9 Å². The number of carbonyl (C=O) groups excluding carboxylic acids is 1. The zero-order valence-corrected chi connectivity index (χ0v) is 20.8. The Morgan fingerprint density at radius 3 is 2.92 bits per heavy atom. The van der Waals surface area contributed by atoms with Crippen molar-refractivity contribution >= 4 is 45.6 Å². The number of fused-ring (bicyclic) bond motifs is 2. The van der Waals surface area contributed by atoms with Crippen LogP contribution >= 0.6 is 11.6 Å². The number of carbonyl (C=O) groups is 1. The van der Waals surface area contributed by atoms with Gasteiger partial charge in [-0.15, -0.1) is 0 Å². The minimum Gasteiger partial charge on any atom is -0.491 e. The molecule has 10 heteroatoms. The summed E-state index contributed by atoms with van der Waals surface area (Å²) >= 11 is 5.94. The van der Waals surface area contributed by atoms with Crippen molar-refractivity contribution in [1.29, 1.82) is 0 Å². The van der Waals surface area contributed by atoms with Gasteiger partial charge < -0.3 is 25.0 Å². The number of ether oxygens (including phenoxy) is 2. The first-order valence-electron chi connectivity index (χ1n) is 11.7. The zero-order chi connectivity index (χ0) is 25.3. The van der Waals surface area contributed by atoms with Crippen LogP contribution in [0.2, 0.25) is 5.02 Å². The Morgan fingerprint density at radius 2 is 2.19 bits per heavy atom. The Kier molecular flexibility index (Phi) is 6.79. The molecule has 1 aromatic heterocycles. The number of anilines is 3. The van der Waals surface area contributed by atoms with Gasteiger partial charge in [0.1, 0.15) is 23.7 Å². The quantitative estimate of drug-likeness (QED) is 0.405. The smallest absolute Gasteiger partial charge is 0.248 e. The number of rotatable bonds is 9. The zero-order valence-electron chi connectivity index (χ0n) is 20.1. The standard InChI is InChI=1S/C26H27ClFN5O3/c1-33(2)7-3-4-24(34)32-22-9-18-21(10-23(22)36-14-26-11-16(26)12-35-13-26)29-15-30-25(18)31-17-5-6-20(28)19(27)8-17/h3-6,8-10,15-16H,7,11-14H2,1-2H3,(H,32,34)(H,29,30,31)/t16-,26+/m1/s1. The van der Waals surface area contributed by atoms with E-state index in [-0.39, 0.29) is 16.3 Å². The molecule has 1 amide bonds. The third-order valence-electron chi connectivity index (χ3n) is 6.50. The molecule has 188 valence electrons. The number of likely N-dealkylation sites (N-methyl/N-ethyl adjacent to an activating group) is 1. The molecule has 2 fully saturated rings. The molecule has 1 saturated heterocycles. The van der Waals surface area contributed by atoms with Crippen molar-refractivity contribution in [3.63, 3.8) is 0 Å². The highest BCUT2D eigenvalue weighted by Crippen LogP contribution is 2.57. The highest BCUT2D eigenvalue weighted by molar-refractivity contribution is 6.31. The van der Waals surface area contributed by atoms with E-state index < -0.39 is 5.82 Å². The van der Waals surface area contributed by atoms with Crippen molar-refractivity contribution < 1.29 is 18.7 Å². The molecular formula is C26H27ClFN5O3. The summed E-state index contributed by atoms with van der Waals surface area (Å²) in [5.41, 5.74) is 1.76. The molecule has 36 heavy (non-hydrogen) atoms. The summed E-state index contributed by atoms with van der Waals surface area (Å²) in [4.78, 5) is 23.4. The van der Waals surface area contributed by atoms with E-state index in [1.807, 2.05) is 19.0 Å². The first-order chi connectivity index (χ1) is 17.3. The summed E-state index contributed by atoms with van der Waals surface area (Å²) in [7, 11) is 3.86. The van der Waals surface area contributed by atoms with Crippen LogP contribution in [-0.4, -0.2) is 61.2 Å². The van der Waals surface area contributed by atoms with Crippen LogP contribution in [0.1, 0.15) is 6.42 Å². The van der Waals surface area contributed by atoms with Gasteiger partial charge in [-0.1, -0.05) is 17.7 Å². The van der Waals surface area contributed by atoms with Crippen LogP contribution in [0.3, 0.4) is 0 Å². The molecule has 0 unspecified atom stereocenters. The maximum Gasteiger partial charge on any atom is 0.248 e. The minimum absolute atomic E-state index is 0.000147. The van der Waals surface area contributed by atoms with Crippen molar-refractivity contribution in [3.8, 4) is 5.75 Å². The van der Waals surface area contributed by atoms with Crippen molar-refractivity contribution in [1.82, 2.24) is 14.9 Å². The molecule has 2 aliphatic rings. The fraction of sp³-hybridized carbons (Fsp3) is 0.346. The molecule has 2 aromatic carbocycles. The molecule has 8 nitrogen and oxygen atoms in total. The van der Waals surface area contributed by atoms with Gasteiger partial charge >= 0.3 is 0 Å². The second-order valence-electron chi connectivity index (χ2n) is 9.56. The number of nitrogens with zero attached hydrogens (tertiary/aromatic N) is 3. The van der Waals surface area contributed by atoms with Crippen LogP contribution < -0.4 is 15.4 Å². The number of nitrogens with one attached hydrogen (secondary N) is 2. The SMILES string of the molecule is CN(C)CC=CC(=O)Nc1cc2c(Nc3ccc(F)c(Cl)c3)ncnc2cc1OC[C@]12COC[C@H]1C2. The predicted molar refractivity (Wildman–Crippen MR) is 137 cm³/mol. The van der Waals surface area contributed by atoms with E-state index in [0.717, 1.165) is 13.0 Å². The number of hydrogen-bond donors (Lipinski definition) is 2. The van der Waals surface area contributed by atoms with Gasteiger partial charge in [-0.25, -0.2) is 14.4 Å². The van der Waals surface area contributed by atoms with Crippen molar-refractivity contribution in [2.24, 2.45) is 11.3 Å². The Morgan fingerprint density at radius 1 is 1.33 bits per heavy atom. The van der Waals surface area contributed by atoms with Crippen LogP contribution in [0.4, 0.5) is 21.6 Å². The van der Waals surface area contributed by atoms with Gasteiger partial charge in [-0.2, -0.15) is 0 Å². The monoisotopic (exact) mass is 511 g/mol. The molecule has 2 N–H and O–H groups in total.